The molecule has 0 amide bonds. The Balaban J connectivity index is 1.68. The molecular weight excluding hydrogens is 401 g/mol. The minimum Gasteiger partial charge on any atom is -0.493 e. The zero-order valence-electron chi connectivity index (χ0n) is 15.4. The molecule has 9 heteroatoms. The van der Waals surface area contributed by atoms with Crippen LogP contribution in [0.3, 0.4) is 0 Å². The molecule has 0 spiro atoms. The van der Waals surface area contributed by atoms with Gasteiger partial charge in [-0.15, -0.1) is 0 Å². The highest BCUT2D eigenvalue weighted by molar-refractivity contribution is 6.31. The van der Waals surface area contributed by atoms with Crippen LogP contribution in [-0.2, 0) is 0 Å². The fourth-order valence-corrected chi connectivity index (χ4v) is 3.32. The molecule has 1 unspecified atom stereocenters. The summed E-state index contributed by atoms with van der Waals surface area (Å²) in [6, 6.07) is 10.0. The summed E-state index contributed by atoms with van der Waals surface area (Å²) in [7, 11) is 1.53. The lowest BCUT2D eigenvalue weighted by Gasteiger charge is -2.13. The first kappa shape index (κ1) is 19.4. The molecule has 0 saturated heterocycles. The largest absolute Gasteiger partial charge is 0.493 e. The summed E-state index contributed by atoms with van der Waals surface area (Å²) in [6.45, 7) is -0.439. The van der Waals surface area contributed by atoms with Crippen molar-refractivity contribution in [2.75, 3.05) is 25.6 Å². The fraction of sp³-hybridized carbons (Fsp3) is 0.200. The second-order valence-electron chi connectivity index (χ2n) is 6.55. The third-order valence-corrected chi connectivity index (χ3v) is 4.88. The standard InChI is InChI=1S/C20H19ClFN3O4/c1-28-17-7-13-10(5-18(17)29-9-12(27)8-26)4-14-19(13)24-25-20(14)23-11-2-3-16(22)15(21)6-11/h2-7,12,23-27H,8-9H2,1H3. The molecule has 2 aromatic rings. The van der Waals surface area contributed by atoms with Crippen molar-refractivity contribution in [2.24, 2.45) is 0 Å². The van der Waals surface area contributed by atoms with Gasteiger partial charge in [-0.1, -0.05) is 11.6 Å². The lowest BCUT2D eigenvalue weighted by molar-refractivity contribution is 0.0528. The van der Waals surface area contributed by atoms with Crippen molar-refractivity contribution >= 4 is 33.9 Å². The van der Waals surface area contributed by atoms with E-state index in [2.05, 4.69) is 15.5 Å². The molecule has 0 saturated carbocycles. The van der Waals surface area contributed by atoms with Crippen molar-refractivity contribution in [3.8, 4) is 22.8 Å². The van der Waals surface area contributed by atoms with E-state index < -0.39 is 11.9 Å². The lowest BCUT2D eigenvalue weighted by atomic mass is 10.2. The summed E-state index contributed by atoms with van der Waals surface area (Å²) in [4.78, 5) is 0. The van der Waals surface area contributed by atoms with E-state index in [0.29, 0.717) is 23.0 Å². The number of aromatic amines is 2. The van der Waals surface area contributed by atoms with Crippen LogP contribution in [0.1, 0.15) is 0 Å². The van der Waals surface area contributed by atoms with Crippen molar-refractivity contribution in [3.05, 3.63) is 47.2 Å². The molecule has 7 nitrogen and oxygen atoms in total. The summed E-state index contributed by atoms with van der Waals surface area (Å²) in [6.07, 6.45) is -0.974. The molecule has 1 atom stereocenters. The average molecular weight is 420 g/mol. The molecule has 4 rings (SSSR count). The van der Waals surface area contributed by atoms with E-state index in [-0.39, 0.29) is 18.2 Å². The summed E-state index contributed by atoms with van der Waals surface area (Å²) in [5.74, 6) is 1.18. The van der Waals surface area contributed by atoms with E-state index in [1.807, 2.05) is 18.2 Å². The topological polar surface area (TPSA) is 103 Å². The maximum absolute atomic E-state index is 13.4. The van der Waals surface area contributed by atoms with Crippen LogP contribution in [0.15, 0.2) is 36.4 Å². The number of ether oxygens (including phenoxy) is 2. The van der Waals surface area contributed by atoms with Gasteiger partial charge in [-0.05, 0) is 41.8 Å². The van der Waals surface area contributed by atoms with E-state index in [1.165, 1.54) is 19.2 Å². The number of halogens is 2. The Bertz CT molecular complexity index is 1130. The van der Waals surface area contributed by atoms with Crippen molar-refractivity contribution in [3.63, 3.8) is 0 Å². The number of aromatic nitrogens is 2. The van der Waals surface area contributed by atoms with Gasteiger partial charge in [0.2, 0.25) is 0 Å². The quantitative estimate of drug-likeness (QED) is 0.313. The molecule has 1 aliphatic carbocycles. The Morgan fingerprint density at radius 3 is 2.72 bits per heavy atom. The first-order valence-electron chi connectivity index (χ1n) is 8.84. The first-order chi connectivity index (χ1) is 14.0. The van der Waals surface area contributed by atoms with E-state index in [4.69, 9.17) is 26.2 Å². The summed E-state index contributed by atoms with van der Waals surface area (Å²) in [5.41, 5.74) is 2.38. The zero-order chi connectivity index (χ0) is 20.5. The normalized spacial score (nSPS) is 12.4. The highest BCUT2D eigenvalue weighted by atomic mass is 35.5. The minimum absolute atomic E-state index is 0.0334. The Morgan fingerprint density at radius 2 is 2.00 bits per heavy atom. The van der Waals surface area contributed by atoms with Crippen molar-refractivity contribution in [1.82, 2.24) is 10.2 Å². The maximum Gasteiger partial charge on any atom is 0.161 e. The third kappa shape index (κ3) is 3.69. The SMILES string of the molecule is COc1cc2c3[nH][nH]c(Nc4ccc(F)c(Cl)c4)c-3cc2cc1OCC(O)CO. The Kier molecular flexibility index (Phi) is 5.23. The number of fused-ring (bicyclic) bond motifs is 3. The van der Waals surface area contributed by atoms with Crippen LogP contribution >= 0.6 is 11.6 Å². The van der Waals surface area contributed by atoms with Crippen LogP contribution in [-0.4, -0.2) is 46.8 Å². The average Bonchev–Trinajstić information content (AvgIpc) is 3.27. The van der Waals surface area contributed by atoms with Gasteiger partial charge in [-0.25, -0.2) is 4.39 Å². The molecule has 0 radical (unpaired) electrons. The minimum atomic E-state index is -0.974. The number of nitrogens with one attached hydrogen (secondary N) is 3. The number of rotatable bonds is 7. The van der Waals surface area contributed by atoms with Crippen molar-refractivity contribution in [1.29, 1.82) is 0 Å². The number of hydrogen-bond donors (Lipinski definition) is 5. The number of H-pyrrole nitrogens is 2. The Hall–Kier alpha value is -2.94. The fourth-order valence-electron chi connectivity index (χ4n) is 3.14. The van der Waals surface area contributed by atoms with Crippen molar-refractivity contribution in [2.45, 2.75) is 6.10 Å². The van der Waals surface area contributed by atoms with E-state index in [0.717, 1.165) is 22.0 Å². The highest BCUT2D eigenvalue weighted by Gasteiger charge is 2.20. The molecule has 0 fully saturated rings. The first-order valence-corrected chi connectivity index (χ1v) is 9.22. The van der Waals surface area contributed by atoms with Crippen LogP contribution in [0.25, 0.3) is 22.0 Å². The van der Waals surface area contributed by atoms with Crippen LogP contribution < -0.4 is 14.8 Å². The Morgan fingerprint density at radius 1 is 1.17 bits per heavy atom. The number of aliphatic hydroxyl groups excluding tert-OH is 2. The Labute approximate surface area is 170 Å². The molecule has 0 bridgehead atoms. The molecule has 2 aliphatic rings. The second kappa shape index (κ2) is 7.82. The number of hydrogen-bond acceptors (Lipinski definition) is 5. The van der Waals surface area contributed by atoms with E-state index in [9.17, 15) is 9.50 Å². The van der Waals surface area contributed by atoms with Gasteiger partial charge in [-0.3, -0.25) is 10.2 Å². The smallest absolute Gasteiger partial charge is 0.161 e. The van der Waals surface area contributed by atoms with Crippen LogP contribution in [0, 0.1) is 5.82 Å². The van der Waals surface area contributed by atoms with E-state index in [1.54, 1.807) is 6.07 Å². The van der Waals surface area contributed by atoms with Crippen LogP contribution in [0.4, 0.5) is 15.9 Å². The molecule has 5 N–H and O–H groups in total. The zero-order valence-corrected chi connectivity index (χ0v) is 16.2. The van der Waals surface area contributed by atoms with Gasteiger partial charge >= 0.3 is 0 Å². The second-order valence-corrected chi connectivity index (χ2v) is 6.96. The molecule has 29 heavy (non-hydrogen) atoms. The molecule has 1 heterocycles. The third-order valence-electron chi connectivity index (χ3n) is 4.59. The summed E-state index contributed by atoms with van der Waals surface area (Å²) >= 11 is 5.86. The number of benzene rings is 2. The van der Waals surface area contributed by atoms with Crippen LogP contribution in [0.5, 0.6) is 11.5 Å². The lowest BCUT2D eigenvalue weighted by Crippen LogP contribution is -2.21. The monoisotopic (exact) mass is 419 g/mol. The summed E-state index contributed by atoms with van der Waals surface area (Å²) in [5, 5.41) is 29.7. The molecule has 152 valence electrons. The predicted molar refractivity (Wildman–Crippen MR) is 109 cm³/mol. The molecule has 1 aliphatic heterocycles. The van der Waals surface area contributed by atoms with Gasteiger partial charge in [0.25, 0.3) is 0 Å². The van der Waals surface area contributed by atoms with Gasteiger partial charge in [0.1, 0.15) is 24.3 Å². The van der Waals surface area contributed by atoms with Gasteiger partial charge < -0.3 is 25.0 Å². The highest BCUT2D eigenvalue weighted by Crippen LogP contribution is 2.43. The molecule has 0 aromatic heterocycles. The summed E-state index contributed by atoms with van der Waals surface area (Å²) < 4.78 is 24.4. The van der Waals surface area contributed by atoms with Gasteiger partial charge in [0.15, 0.2) is 11.5 Å². The maximum atomic E-state index is 13.4. The molecular formula is C20H19ClFN3O4. The van der Waals surface area contributed by atoms with Gasteiger partial charge in [0.05, 0.1) is 24.4 Å². The number of anilines is 2. The number of methoxy groups -OCH3 is 1. The van der Waals surface area contributed by atoms with Gasteiger partial charge in [0, 0.05) is 16.6 Å². The predicted octanol–water partition coefficient (Wildman–Crippen LogP) is 3.88. The van der Waals surface area contributed by atoms with Crippen LogP contribution in [0.2, 0.25) is 5.02 Å². The van der Waals surface area contributed by atoms with E-state index >= 15 is 0 Å². The molecule has 2 aromatic carbocycles. The van der Waals surface area contributed by atoms with Crippen molar-refractivity contribution < 1.29 is 24.1 Å². The number of aliphatic hydroxyl groups is 2. The van der Waals surface area contributed by atoms with Gasteiger partial charge in [-0.2, -0.15) is 0 Å².